The molecular weight excluding hydrogens is 244 g/mol. The lowest BCUT2D eigenvalue weighted by Gasteiger charge is -2.09. The topological polar surface area (TPSA) is 49.4 Å². The van der Waals surface area contributed by atoms with Crippen LogP contribution in [0, 0.1) is 0 Å². The number of rotatable bonds is 4. The first-order valence-corrected chi connectivity index (χ1v) is 6.09. The second-order valence-corrected chi connectivity index (χ2v) is 4.89. The minimum Gasteiger partial charge on any atom is -0.351 e. The van der Waals surface area contributed by atoms with Crippen LogP contribution in [0.3, 0.4) is 0 Å². The Labute approximate surface area is 104 Å². The third-order valence-corrected chi connectivity index (χ3v) is 3.29. The maximum absolute atomic E-state index is 11.5. The first kappa shape index (κ1) is 13.1. The van der Waals surface area contributed by atoms with E-state index in [0.29, 0.717) is 17.8 Å². The van der Waals surface area contributed by atoms with Crippen LogP contribution in [0.1, 0.15) is 16.1 Å². The lowest BCUT2D eigenvalue weighted by molar-refractivity contribution is -0.128. The van der Waals surface area contributed by atoms with Crippen LogP contribution in [-0.4, -0.2) is 37.4 Å². The van der Waals surface area contributed by atoms with E-state index in [-0.39, 0.29) is 11.8 Å². The third kappa shape index (κ3) is 3.86. The first-order chi connectivity index (χ1) is 7.50. The summed E-state index contributed by atoms with van der Waals surface area (Å²) in [5.74, 6) is -0.154. The molecule has 1 rings (SSSR count). The molecule has 0 aliphatic carbocycles. The van der Waals surface area contributed by atoms with Crippen molar-refractivity contribution in [2.75, 3.05) is 20.6 Å². The molecule has 0 atom stereocenters. The van der Waals surface area contributed by atoms with Crippen LogP contribution in [0.2, 0.25) is 0 Å². The monoisotopic (exact) mass is 258 g/mol. The fourth-order valence-corrected chi connectivity index (χ4v) is 2.10. The van der Waals surface area contributed by atoms with Gasteiger partial charge in [-0.2, -0.15) is 0 Å². The molecule has 16 heavy (non-hydrogen) atoms. The Balaban J connectivity index is 2.34. The molecule has 0 saturated carbocycles. The van der Waals surface area contributed by atoms with Crippen molar-refractivity contribution >= 4 is 35.8 Å². The second-order valence-electron chi connectivity index (χ2n) is 3.46. The van der Waals surface area contributed by atoms with Crippen LogP contribution in [-0.2, 0) is 4.79 Å². The van der Waals surface area contributed by atoms with Crippen molar-refractivity contribution in [1.29, 1.82) is 0 Å². The van der Waals surface area contributed by atoms with Gasteiger partial charge >= 0.3 is 0 Å². The van der Waals surface area contributed by atoms with Gasteiger partial charge in [-0.15, -0.1) is 24.0 Å². The number of thiophene rings is 1. The van der Waals surface area contributed by atoms with Crippen molar-refractivity contribution in [3.63, 3.8) is 0 Å². The number of nitrogens with zero attached hydrogens (tertiary/aromatic N) is 1. The fraction of sp³-hybridized carbons (Fsp3) is 0.400. The van der Waals surface area contributed by atoms with Crippen LogP contribution < -0.4 is 5.32 Å². The molecule has 0 aromatic carbocycles. The van der Waals surface area contributed by atoms with Gasteiger partial charge in [0.05, 0.1) is 4.88 Å². The molecule has 0 unspecified atom stereocenters. The Morgan fingerprint density at radius 2 is 2.19 bits per heavy atom. The number of hydrogen-bond acceptors (Lipinski definition) is 4. The lowest BCUT2D eigenvalue weighted by atomic mass is 10.3. The summed E-state index contributed by atoms with van der Waals surface area (Å²) < 4.78 is 0. The molecule has 0 fully saturated rings. The molecule has 1 heterocycles. The van der Waals surface area contributed by atoms with Gasteiger partial charge in [0.2, 0.25) is 5.91 Å². The highest BCUT2D eigenvalue weighted by Gasteiger charge is 2.09. The fourth-order valence-electron chi connectivity index (χ4n) is 1.04. The maximum atomic E-state index is 11.5. The summed E-state index contributed by atoms with van der Waals surface area (Å²) >= 11 is 5.46. The van der Waals surface area contributed by atoms with E-state index in [2.05, 4.69) is 17.9 Å². The molecule has 0 spiro atoms. The van der Waals surface area contributed by atoms with Gasteiger partial charge in [-0.05, 0) is 6.07 Å². The Morgan fingerprint density at radius 3 is 2.69 bits per heavy atom. The van der Waals surface area contributed by atoms with Crippen molar-refractivity contribution in [2.24, 2.45) is 0 Å². The minimum atomic E-state index is -0.156. The highest BCUT2D eigenvalue weighted by molar-refractivity contribution is 7.80. The molecular formula is C10H14N2O2S2. The smallest absolute Gasteiger partial charge is 0.261 e. The minimum absolute atomic E-state index is 0.00126. The van der Waals surface area contributed by atoms with Gasteiger partial charge < -0.3 is 10.2 Å². The molecule has 88 valence electrons. The van der Waals surface area contributed by atoms with Crippen LogP contribution in [0.4, 0.5) is 0 Å². The number of carbonyl (C=O) groups is 2. The van der Waals surface area contributed by atoms with Gasteiger partial charge in [0.1, 0.15) is 0 Å². The molecule has 1 aromatic heterocycles. The van der Waals surface area contributed by atoms with E-state index < -0.39 is 0 Å². The van der Waals surface area contributed by atoms with Gasteiger partial charge in [-0.1, -0.05) is 0 Å². The summed E-state index contributed by atoms with van der Waals surface area (Å²) in [6.07, 6.45) is 0.317. The lowest BCUT2D eigenvalue weighted by Crippen LogP contribution is -2.29. The number of nitrogens with one attached hydrogen (secondary N) is 1. The van der Waals surface area contributed by atoms with Crippen molar-refractivity contribution in [1.82, 2.24) is 10.2 Å². The summed E-state index contributed by atoms with van der Waals surface area (Å²) in [7, 11) is 3.38. The van der Waals surface area contributed by atoms with E-state index in [0.717, 1.165) is 4.90 Å². The Bertz CT molecular complexity index is 388. The first-order valence-electron chi connectivity index (χ1n) is 4.76. The predicted molar refractivity (Wildman–Crippen MR) is 67.2 cm³/mol. The number of amides is 2. The van der Waals surface area contributed by atoms with Crippen molar-refractivity contribution in [2.45, 2.75) is 11.3 Å². The average Bonchev–Trinajstić information content (AvgIpc) is 2.64. The van der Waals surface area contributed by atoms with Crippen LogP contribution >= 0.6 is 24.0 Å². The van der Waals surface area contributed by atoms with E-state index in [1.165, 1.54) is 16.2 Å². The van der Waals surface area contributed by atoms with Gasteiger partial charge in [0.15, 0.2) is 0 Å². The molecule has 6 heteroatoms. The zero-order valence-electron chi connectivity index (χ0n) is 9.19. The molecule has 4 nitrogen and oxygen atoms in total. The largest absolute Gasteiger partial charge is 0.351 e. The zero-order valence-corrected chi connectivity index (χ0v) is 10.9. The van der Waals surface area contributed by atoms with Gasteiger partial charge in [0, 0.05) is 37.3 Å². The van der Waals surface area contributed by atoms with Gasteiger partial charge in [0.25, 0.3) is 5.91 Å². The van der Waals surface area contributed by atoms with Crippen LogP contribution in [0.25, 0.3) is 0 Å². The zero-order chi connectivity index (χ0) is 12.1. The summed E-state index contributed by atoms with van der Waals surface area (Å²) in [6, 6.07) is 1.71. The molecule has 0 aliphatic heterocycles. The third-order valence-electron chi connectivity index (χ3n) is 1.93. The highest BCUT2D eigenvalue weighted by Crippen LogP contribution is 2.17. The average molecular weight is 258 g/mol. The molecule has 0 saturated heterocycles. The van der Waals surface area contributed by atoms with E-state index in [1.807, 2.05) is 0 Å². The molecule has 1 N–H and O–H groups in total. The summed E-state index contributed by atoms with van der Waals surface area (Å²) in [6.45, 7) is 0.357. The normalized spacial score (nSPS) is 9.94. The highest BCUT2D eigenvalue weighted by atomic mass is 32.1. The maximum Gasteiger partial charge on any atom is 0.261 e. The van der Waals surface area contributed by atoms with E-state index in [4.69, 9.17) is 0 Å². The number of carbonyl (C=O) groups excluding carboxylic acids is 2. The second kappa shape index (κ2) is 5.91. The Kier molecular flexibility index (Phi) is 4.82. The molecule has 2 amide bonds. The van der Waals surface area contributed by atoms with Crippen molar-refractivity contribution < 1.29 is 9.59 Å². The van der Waals surface area contributed by atoms with Crippen LogP contribution in [0.15, 0.2) is 16.3 Å². The number of hydrogen-bond donors (Lipinski definition) is 2. The van der Waals surface area contributed by atoms with E-state index in [1.54, 1.807) is 25.5 Å². The quantitative estimate of drug-likeness (QED) is 0.798. The Hall–Kier alpha value is -1.01. The molecule has 0 bridgehead atoms. The molecule has 1 aromatic rings. The van der Waals surface area contributed by atoms with E-state index >= 15 is 0 Å². The summed E-state index contributed by atoms with van der Waals surface area (Å²) in [4.78, 5) is 25.7. The standard InChI is InChI=1S/C10H14N2O2S2/c1-12(2)9(13)3-4-11-10(14)8-5-7(15)6-16-8/h5-6,15H,3-4H2,1-2H3,(H,11,14). The van der Waals surface area contributed by atoms with E-state index in [9.17, 15) is 9.59 Å². The van der Waals surface area contributed by atoms with Crippen molar-refractivity contribution in [3.8, 4) is 0 Å². The summed E-state index contributed by atoms with van der Waals surface area (Å²) in [5, 5.41) is 4.48. The number of thiol groups is 1. The van der Waals surface area contributed by atoms with Crippen molar-refractivity contribution in [3.05, 3.63) is 16.3 Å². The predicted octanol–water partition coefficient (Wildman–Crippen LogP) is 1.24. The van der Waals surface area contributed by atoms with Crippen LogP contribution in [0.5, 0.6) is 0 Å². The Morgan fingerprint density at radius 1 is 1.50 bits per heavy atom. The SMILES string of the molecule is CN(C)C(=O)CCNC(=O)c1cc(S)cs1. The molecule has 0 aliphatic rings. The molecule has 0 radical (unpaired) electrons. The van der Waals surface area contributed by atoms with Gasteiger partial charge in [-0.25, -0.2) is 0 Å². The van der Waals surface area contributed by atoms with Gasteiger partial charge in [-0.3, -0.25) is 9.59 Å². The summed E-state index contributed by atoms with van der Waals surface area (Å²) in [5.41, 5.74) is 0.